The molecule has 5 aromatic rings. The Morgan fingerprint density at radius 2 is 1.87 bits per heavy atom. The lowest BCUT2D eigenvalue weighted by Gasteiger charge is -2.38. The van der Waals surface area contributed by atoms with E-state index < -0.39 is 0 Å². The van der Waals surface area contributed by atoms with Crippen LogP contribution in [-0.2, 0) is 4.79 Å². The Balaban J connectivity index is 1.35. The Morgan fingerprint density at radius 1 is 1.03 bits per heavy atom. The van der Waals surface area contributed by atoms with Crippen LogP contribution in [0.1, 0.15) is 0 Å². The summed E-state index contributed by atoms with van der Waals surface area (Å²) in [5, 5.41) is 4.20. The third kappa shape index (κ3) is 4.59. The van der Waals surface area contributed by atoms with E-state index in [1.54, 1.807) is 30.5 Å². The Morgan fingerprint density at radius 3 is 2.67 bits per heavy atom. The third-order valence-electron chi connectivity index (χ3n) is 6.67. The molecule has 1 aliphatic rings. The summed E-state index contributed by atoms with van der Waals surface area (Å²) in [6.07, 6.45) is 2.67. The van der Waals surface area contributed by atoms with Crippen LogP contribution in [0.5, 0.6) is 17.2 Å². The second-order valence-corrected chi connectivity index (χ2v) is 9.83. The lowest BCUT2D eigenvalue weighted by Crippen LogP contribution is -2.55. The lowest BCUT2D eigenvalue weighted by atomic mass is 10.0. The Labute approximate surface area is 228 Å². The van der Waals surface area contributed by atoms with Gasteiger partial charge in [-0.2, -0.15) is 0 Å². The first-order chi connectivity index (χ1) is 19.1. The molecule has 1 N–H and O–H groups in total. The average Bonchev–Trinajstić information content (AvgIpc) is 3.43. The van der Waals surface area contributed by atoms with E-state index in [4.69, 9.17) is 14.2 Å². The van der Waals surface area contributed by atoms with Crippen LogP contribution in [0.3, 0.4) is 0 Å². The van der Waals surface area contributed by atoms with Crippen molar-refractivity contribution in [2.75, 3.05) is 32.6 Å². The molecule has 1 fully saturated rings. The van der Waals surface area contributed by atoms with Gasteiger partial charge in [-0.1, -0.05) is 24.8 Å². The van der Waals surface area contributed by atoms with Crippen molar-refractivity contribution in [1.29, 1.82) is 0 Å². The Kier molecular flexibility index (Phi) is 6.45. The highest BCUT2D eigenvalue weighted by Gasteiger charge is 2.31. The molecule has 0 saturated carbocycles. The molecular formula is C29H25N5O4S. The number of aromatic nitrogens is 3. The molecule has 0 unspecified atom stereocenters. The molecule has 10 heteroatoms. The maximum atomic E-state index is 11.8. The highest BCUT2D eigenvalue weighted by atomic mass is 32.1. The van der Waals surface area contributed by atoms with Crippen LogP contribution in [0.2, 0.25) is 0 Å². The fourth-order valence-electron chi connectivity index (χ4n) is 4.63. The van der Waals surface area contributed by atoms with Gasteiger partial charge in [0, 0.05) is 17.0 Å². The van der Waals surface area contributed by atoms with Gasteiger partial charge in [0.1, 0.15) is 24.0 Å². The number of rotatable bonds is 8. The van der Waals surface area contributed by atoms with Crippen molar-refractivity contribution in [3.63, 3.8) is 0 Å². The molecule has 1 aliphatic heterocycles. The van der Waals surface area contributed by atoms with E-state index in [0.717, 1.165) is 32.4 Å². The minimum Gasteiger partial charge on any atom is -0.495 e. The number of hydrogen-bond acceptors (Lipinski definition) is 9. The number of anilines is 2. The molecule has 1 amide bonds. The molecule has 0 radical (unpaired) electrons. The van der Waals surface area contributed by atoms with E-state index in [1.165, 1.54) is 12.4 Å². The molecule has 0 spiro atoms. The number of carbonyl (C=O) groups excluding carboxylic acids is 1. The van der Waals surface area contributed by atoms with Gasteiger partial charge in [-0.15, -0.1) is 11.3 Å². The summed E-state index contributed by atoms with van der Waals surface area (Å²) in [5.41, 5.74) is 6.40. The number of amides is 1. The number of methoxy groups -OCH3 is 2. The maximum Gasteiger partial charge on any atom is 0.246 e. The molecule has 6 rings (SSSR count). The van der Waals surface area contributed by atoms with Crippen LogP contribution in [0.4, 0.5) is 11.5 Å². The van der Waals surface area contributed by atoms with Gasteiger partial charge in [-0.05, 0) is 35.9 Å². The van der Waals surface area contributed by atoms with Gasteiger partial charge in [-0.3, -0.25) is 4.79 Å². The molecule has 0 aliphatic carbocycles. The summed E-state index contributed by atoms with van der Waals surface area (Å²) in [7, 11) is 3.22. The van der Waals surface area contributed by atoms with E-state index in [0.29, 0.717) is 41.7 Å². The smallest absolute Gasteiger partial charge is 0.246 e. The van der Waals surface area contributed by atoms with Crippen molar-refractivity contribution in [3.05, 3.63) is 73.0 Å². The van der Waals surface area contributed by atoms with Crippen molar-refractivity contribution >= 4 is 49.9 Å². The normalized spacial score (nSPS) is 13.2. The molecule has 9 nitrogen and oxygen atoms in total. The van der Waals surface area contributed by atoms with E-state index >= 15 is 0 Å². The number of fused-ring (bicyclic) bond motifs is 2. The van der Waals surface area contributed by atoms with Gasteiger partial charge in [0.2, 0.25) is 5.91 Å². The standard InChI is InChI=1S/C29H25N5O4S/c1-4-27(35)34-13-18(14-34)38-26-11-20-22(12-25(26)37-3)30-15-31-29(20)33-23-10-17(8-9-24(23)36-2)19-6-5-7-21-28(19)39-16-32-21/h4-12,15-16,18H,1,13-14H2,2-3H3,(H,30,31,33). The van der Waals surface area contributed by atoms with Crippen molar-refractivity contribution in [3.8, 4) is 28.4 Å². The summed E-state index contributed by atoms with van der Waals surface area (Å²) in [4.78, 5) is 26.9. The number of thiazole rings is 1. The number of nitrogens with one attached hydrogen (secondary N) is 1. The zero-order valence-corrected chi connectivity index (χ0v) is 22.2. The second kappa shape index (κ2) is 10.2. The predicted octanol–water partition coefficient (Wildman–Crippen LogP) is 5.44. The molecule has 0 atom stereocenters. The van der Waals surface area contributed by atoms with E-state index in [9.17, 15) is 4.79 Å². The zero-order valence-electron chi connectivity index (χ0n) is 21.4. The maximum absolute atomic E-state index is 11.8. The van der Waals surface area contributed by atoms with Crippen molar-refractivity contribution in [2.45, 2.75) is 6.10 Å². The molecule has 39 heavy (non-hydrogen) atoms. The summed E-state index contributed by atoms with van der Waals surface area (Å²) in [5.74, 6) is 2.27. The minimum atomic E-state index is -0.146. The van der Waals surface area contributed by atoms with Crippen LogP contribution in [0.25, 0.3) is 32.2 Å². The molecule has 196 valence electrons. The molecule has 3 heterocycles. The topological polar surface area (TPSA) is 98.7 Å². The fraction of sp³-hybridized carbons (Fsp3) is 0.172. The first-order valence-electron chi connectivity index (χ1n) is 12.3. The quantitative estimate of drug-likeness (QED) is 0.260. The van der Waals surface area contributed by atoms with Gasteiger partial charge in [-0.25, -0.2) is 15.0 Å². The molecule has 3 aromatic carbocycles. The zero-order chi connectivity index (χ0) is 26.9. The van der Waals surface area contributed by atoms with Gasteiger partial charge in [0.25, 0.3) is 0 Å². The van der Waals surface area contributed by atoms with Gasteiger partial charge < -0.3 is 24.4 Å². The number of carbonyl (C=O) groups is 1. The molecule has 2 aromatic heterocycles. The van der Waals surface area contributed by atoms with Crippen molar-refractivity contribution in [2.24, 2.45) is 0 Å². The predicted molar refractivity (Wildman–Crippen MR) is 152 cm³/mol. The van der Waals surface area contributed by atoms with Gasteiger partial charge in [0.15, 0.2) is 11.5 Å². The number of nitrogens with zero attached hydrogens (tertiary/aromatic N) is 4. The number of likely N-dealkylation sites (tertiary alicyclic amines) is 1. The van der Waals surface area contributed by atoms with E-state index in [2.05, 4.69) is 32.9 Å². The van der Waals surface area contributed by atoms with Crippen LogP contribution < -0.4 is 19.5 Å². The summed E-state index contributed by atoms with van der Waals surface area (Å²) in [6, 6.07) is 15.8. The van der Waals surface area contributed by atoms with Crippen molar-refractivity contribution in [1.82, 2.24) is 19.9 Å². The second-order valence-electron chi connectivity index (χ2n) is 8.98. The van der Waals surface area contributed by atoms with Crippen LogP contribution in [0, 0.1) is 0 Å². The van der Waals surface area contributed by atoms with E-state index in [-0.39, 0.29) is 12.0 Å². The molecule has 0 bridgehead atoms. The third-order valence-corrected chi connectivity index (χ3v) is 7.54. The van der Waals surface area contributed by atoms with E-state index in [1.807, 2.05) is 48.0 Å². The number of benzene rings is 3. The van der Waals surface area contributed by atoms with Gasteiger partial charge >= 0.3 is 0 Å². The van der Waals surface area contributed by atoms with Crippen LogP contribution in [0.15, 0.2) is 73.0 Å². The highest BCUT2D eigenvalue weighted by Crippen LogP contribution is 2.39. The van der Waals surface area contributed by atoms with Crippen LogP contribution in [-0.4, -0.2) is 59.2 Å². The highest BCUT2D eigenvalue weighted by molar-refractivity contribution is 7.17. The monoisotopic (exact) mass is 539 g/mol. The fourth-order valence-corrected chi connectivity index (χ4v) is 5.46. The van der Waals surface area contributed by atoms with Gasteiger partial charge in [0.05, 0.1) is 54.2 Å². The van der Waals surface area contributed by atoms with Crippen molar-refractivity contribution < 1.29 is 19.0 Å². The lowest BCUT2D eigenvalue weighted by molar-refractivity contribution is -0.134. The summed E-state index contributed by atoms with van der Waals surface area (Å²) in [6.45, 7) is 4.51. The molecule has 1 saturated heterocycles. The van der Waals surface area contributed by atoms with Crippen LogP contribution >= 0.6 is 11.3 Å². The Bertz CT molecular complexity index is 1710. The SMILES string of the molecule is C=CC(=O)N1CC(Oc2cc3c(Nc4cc(-c5cccc6ncsc56)ccc4OC)ncnc3cc2OC)C1. The number of hydrogen-bond donors (Lipinski definition) is 1. The first-order valence-corrected chi connectivity index (χ1v) is 13.1. The minimum absolute atomic E-state index is 0.108. The average molecular weight is 540 g/mol. The molecular weight excluding hydrogens is 514 g/mol. The Hall–Kier alpha value is -4.70. The summed E-state index contributed by atoms with van der Waals surface area (Å²) < 4.78 is 18.6. The number of ether oxygens (including phenoxy) is 3. The summed E-state index contributed by atoms with van der Waals surface area (Å²) >= 11 is 1.61. The largest absolute Gasteiger partial charge is 0.495 e. The first kappa shape index (κ1) is 24.6.